The maximum absolute atomic E-state index is 3.52. The Labute approximate surface area is 86.5 Å². The Balaban J connectivity index is 2.58. The molecule has 0 amide bonds. The van der Waals surface area contributed by atoms with Crippen LogP contribution in [0.15, 0.2) is 18.2 Å². The number of hydrogen-bond donors (Lipinski definition) is 1. The van der Waals surface area contributed by atoms with Crippen molar-refractivity contribution in [2.75, 3.05) is 11.9 Å². The van der Waals surface area contributed by atoms with E-state index in [0.29, 0.717) is 5.41 Å². The molecule has 1 N–H and O–H groups in total. The van der Waals surface area contributed by atoms with Crippen molar-refractivity contribution in [2.45, 2.75) is 39.0 Å². The first kappa shape index (κ1) is 9.57. The predicted octanol–water partition coefficient (Wildman–Crippen LogP) is 3.48. The van der Waals surface area contributed by atoms with E-state index in [4.69, 9.17) is 0 Å². The molecule has 14 heavy (non-hydrogen) atoms. The molecule has 1 aliphatic heterocycles. The number of rotatable bonds is 0. The van der Waals surface area contributed by atoms with Crippen LogP contribution in [-0.4, -0.2) is 6.54 Å². The highest BCUT2D eigenvalue weighted by Gasteiger charge is 2.26. The minimum absolute atomic E-state index is 0.324. The Hall–Kier alpha value is -0.980. The number of nitrogens with one attached hydrogen (secondary N) is 1. The fraction of sp³-hybridized carbons (Fsp3) is 0.538. The number of anilines is 1. The average Bonchev–Trinajstić information content (AvgIpc) is 2.25. The molecule has 0 radical (unpaired) electrons. The Bertz CT molecular complexity index is 339. The van der Waals surface area contributed by atoms with Crippen molar-refractivity contribution in [3.05, 3.63) is 29.3 Å². The van der Waals surface area contributed by atoms with E-state index in [2.05, 4.69) is 44.3 Å². The van der Waals surface area contributed by atoms with Crippen LogP contribution < -0.4 is 5.32 Å². The molecule has 76 valence electrons. The lowest BCUT2D eigenvalue weighted by Crippen LogP contribution is -2.17. The summed E-state index contributed by atoms with van der Waals surface area (Å²) in [5, 5.41) is 3.52. The molecule has 2 rings (SSSR count). The summed E-state index contributed by atoms with van der Waals surface area (Å²) in [4.78, 5) is 0. The molecule has 0 spiro atoms. The van der Waals surface area contributed by atoms with Crippen molar-refractivity contribution in [3.8, 4) is 0 Å². The van der Waals surface area contributed by atoms with Crippen LogP contribution in [0.4, 0.5) is 5.69 Å². The smallest absolute Gasteiger partial charge is 0.0380 e. The molecular formula is C13H19N. The van der Waals surface area contributed by atoms with Gasteiger partial charge < -0.3 is 5.32 Å². The molecule has 0 aromatic heterocycles. The third-order valence-electron chi connectivity index (χ3n) is 3.24. The summed E-state index contributed by atoms with van der Waals surface area (Å²) in [6.07, 6.45) is 2.54. The quantitative estimate of drug-likeness (QED) is 0.659. The standard InChI is InChI=1S/C13H19N/c1-10-6-4-7-11-12(10)13(2,3)8-5-9-14-11/h4,6-7,14H,5,8-9H2,1-3H3. The van der Waals surface area contributed by atoms with E-state index in [0.717, 1.165) is 6.54 Å². The topological polar surface area (TPSA) is 12.0 Å². The Morgan fingerprint density at radius 3 is 2.86 bits per heavy atom. The van der Waals surface area contributed by atoms with Gasteiger partial charge in [0, 0.05) is 12.2 Å². The average molecular weight is 189 g/mol. The highest BCUT2D eigenvalue weighted by atomic mass is 14.9. The van der Waals surface area contributed by atoms with Crippen LogP contribution in [0.5, 0.6) is 0 Å². The van der Waals surface area contributed by atoms with E-state index in [1.807, 2.05) is 0 Å². The second kappa shape index (κ2) is 3.30. The summed E-state index contributed by atoms with van der Waals surface area (Å²) in [6, 6.07) is 6.56. The Morgan fingerprint density at radius 1 is 1.29 bits per heavy atom. The first-order chi connectivity index (χ1) is 6.61. The van der Waals surface area contributed by atoms with Gasteiger partial charge in [-0.15, -0.1) is 0 Å². The third-order valence-corrected chi connectivity index (χ3v) is 3.24. The van der Waals surface area contributed by atoms with Gasteiger partial charge >= 0.3 is 0 Å². The van der Waals surface area contributed by atoms with E-state index >= 15 is 0 Å². The molecule has 0 atom stereocenters. The number of hydrogen-bond acceptors (Lipinski definition) is 1. The Kier molecular flexibility index (Phi) is 2.26. The fourth-order valence-electron chi connectivity index (χ4n) is 2.59. The molecular weight excluding hydrogens is 170 g/mol. The predicted molar refractivity (Wildman–Crippen MR) is 61.9 cm³/mol. The van der Waals surface area contributed by atoms with Crippen LogP contribution in [0.25, 0.3) is 0 Å². The van der Waals surface area contributed by atoms with Crippen molar-refractivity contribution >= 4 is 5.69 Å². The van der Waals surface area contributed by atoms with E-state index in [9.17, 15) is 0 Å². The molecule has 1 aliphatic rings. The van der Waals surface area contributed by atoms with Crippen LogP contribution >= 0.6 is 0 Å². The minimum Gasteiger partial charge on any atom is -0.385 e. The molecule has 0 fully saturated rings. The lowest BCUT2D eigenvalue weighted by atomic mass is 9.78. The maximum atomic E-state index is 3.52. The van der Waals surface area contributed by atoms with Crippen LogP contribution in [-0.2, 0) is 5.41 Å². The molecule has 0 saturated carbocycles. The van der Waals surface area contributed by atoms with E-state index < -0.39 is 0 Å². The second-order valence-corrected chi connectivity index (χ2v) is 4.91. The van der Waals surface area contributed by atoms with Gasteiger partial charge in [-0.2, -0.15) is 0 Å². The summed E-state index contributed by atoms with van der Waals surface area (Å²) in [5.74, 6) is 0. The van der Waals surface area contributed by atoms with E-state index in [1.54, 1.807) is 0 Å². The van der Waals surface area contributed by atoms with Gasteiger partial charge in [0.2, 0.25) is 0 Å². The summed E-state index contributed by atoms with van der Waals surface area (Å²) in [6.45, 7) is 8.03. The molecule has 0 bridgehead atoms. The van der Waals surface area contributed by atoms with Gasteiger partial charge in [-0.3, -0.25) is 0 Å². The summed E-state index contributed by atoms with van der Waals surface area (Å²) in [5.41, 5.74) is 4.59. The highest BCUT2D eigenvalue weighted by molar-refractivity contribution is 5.58. The molecule has 1 nitrogen and oxygen atoms in total. The summed E-state index contributed by atoms with van der Waals surface area (Å²) < 4.78 is 0. The summed E-state index contributed by atoms with van der Waals surface area (Å²) >= 11 is 0. The summed E-state index contributed by atoms with van der Waals surface area (Å²) in [7, 11) is 0. The fourth-order valence-corrected chi connectivity index (χ4v) is 2.59. The van der Waals surface area contributed by atoms with Gasteiger partial charge in [0.15, 0.2) is 0 Å². The number of benzene rings is 1. The van der Waals surface area contributed by atoms with Gasteiger partial charge in [0.25, 0.3) is 0 Å². The molecule has 0 saturated heterocycles. The Morgan fingerprint density at radius 2 is 2.07 bits per heavy atom. The lowest BCUT2D eigenvalue weighted by molar-refractivity contribution is 0.476. The SMILES string of the molecule is Cc1cccc2c1C(C)(C)CCCN2. The molecule has 1 heterocycles. The van der Waals surface area contributed by atoms with Gasteiger partial charge in [-0.05, 0) is 42.4 Å². The number of fused-ring (bicyclic) bond motifs is 1. The third kappa shape index (κ3) is 1.52. The normalized spacial score (nSPS) is 19.4. The van der Waals surface area contributed by atoms with Gasteiger partial charge in [0.1, 0.15) is 0 Å². The maximum Gasteiger partial charge on any atom is 0.0380 e. The van der Waals surface area contributed by atoms with Crippen molar-refractivity contribution in [1.82, 2.24) is 0 Å². The molecule has 0 aliphatic carbocycles. The minimum atomic E-state index is 0.324. The zero-order valence-corrected chi connectivity index (χ0v) is 9.35. The molecule has 0 unspecified atom stereocenters. The van der Waals surface area contributed by atoms with E-state index in [1.165, 1.54) is 29.7 Å². The van der Waals surface area contributed by atoms with Crippen LogP contribution in [0.1, 0.15) is 37.8 Å². The van der Waals surface area contributed by atoms with Crippen LogP contribution in [0.2, 0.25) is 0 Å². The zero-order valence-electron chi connectivity index (χ0n) is 9.35. The number of aryl methyl sites for hydroxylation is 1. The van der Waals surface area contributed by atoms with Gasteiger partial charge in [-0.1, -0.05) is 26.0 Å². The molecule has 1 aromatic rings. The van der Waals surface area contributed by atoms with Gasteiger partial charge in [-0.25, -0.2) is 0 Å². The zero-order chi connectivity index (χ0) is 10.2. The lowest BCUT2D eigenvalue weighted by Gasteiger charge is -2.26. The first-order valence-corrected chi connectivity index (χ1v) is 5.45. The highest BCUT2D eigenvalue weighted by Crippen LogP contribution is 2.38. The second-order valence-electron chi connectivity index (χ2n) is 4.91. The monoisotopic (exact) mass is 189 g/mol. The molecule has 1 aromatic carbocycles. The van der Waals surface area contributed by atoms with E-state index in [-0.39, 0.29) is 0 Å². The largest absolute Gasteiger partial charge is 0.385 e. The van der Waals surface area contributed by atoms with Crippen molar-refractivity contribution in [3.63, 3.8) is 0 Å². The van der Waals surface area contributed by atoms with Crippen LogP contribution in [0, 0.1) is 6.92 Å². The van der Waals surface area contributed by atoms with Crippen molar-refractivity contribution < 1.29 is 0 Å². The first-order valence-electron chi connectivity index (χ1n) is 5.45. The van der Waals surface area contributed by atoms with Gasteiger partial charge in [0.05, 0.1) is 0 Å². The van der Waals surface area contributed by atoms with Crippen LogP contribution in [0.3, 0.4) is 0 Å². The van der Waals surface area contributed by atoms with Crippen molar-refractivity contribution in [1.29, 1.82) is 0 Å². The molecule has 1 heteroatoms. The van der Waals surface area contributed by atoms with Crippen molar-refractivity contribution in [2.24, 2.45) is 0 Å².